The molecular formula is C39H32F2N2O3S. The minimum atomic E-state index is -1.20. The molecule has 3 atom stereocenters. The highest BCUT2D eigenvalue weighted by atomic mass is 32.2. The maximum absolute atomic E-state index is 15.6. The van der Waals surface area contributed by atoms with E-state index >= 15 is 4.39 Å². The van der Waals surface area contributed by atoms with E-state index in [1.807, 2.05) is 60.7 Å². The zero-order chi connectivity index (χ0) is 32.3. The molecule has 0 spiro atoms. The lowest BCUT2D eigenvalue weighted by atomic mass is 9.78. The van der Waals surface area contributed by atoms with Gasteiger partial charge in [-0.1, -0.05) is 127 Å². The molecule has 5 aromatic rings. The standard InChI is InChI=1S/C39H32F2N2O3S/c40-31-21-22-32(34(41)23-31)38-26-45-35(33(38)25-47-37(43-38)42-36(44)27-13-5-1-6-14-27)24-46-39(28-15-7-2-8-16-28,29-17-9-3-10-18-29)30-19-11-4-12-20-30/h1-23,33,35H,24-26H2,(H,42,43,44)/t33-,35-,38-/m1/s1. The van der Waals surface area contributed by atoms with Gasteiger partial charge in [0.15, 0.2) is 5.17 Å². The molecule has 0 unspecified atom stereocenters. The Morgan fingerprint density at radius 3 is 1.94 bits per heavy atom. The smallest absolute Gasteiger partial charge is 0.257 e. The minimum absolute atomic E-state index is 0.0362. The fourth-order valence-corrected chi connectivity index (χ4v) is 7.87. The average molecular weight is 647 g/mol. The number of amides is 1. The van der Waals surface area contributed by atoms with Crippen LogP contribution in [0.25, 0.3) is 0 Å². The number of benzene rings is 5. The number of hydrogen-bond donors (Lipinski definition) is 1. The summed E-state index contributed by atoms with van der Waals surface area (Å²) in [4.78, 5) is 18.0. The fourth-order valence-electron chi connectivity index (χ4n) is 6.65. The fraction of sp³-hybridized carbons (Fsp3) is 0.179. The molecule has 1 N–H and O–H groups in total. The maximum atomic E-state index is 15.6. The van der Waals surface area contributed by atoms with Crippen molar-refractivity contribution in [3.8, 4) is 0 Å². The molecule has 1 fully saturated rings. The lowest BCUT2D eigenvalue weighted by Gasteiger charge is -2.39. The highest BCUT2D eigenvalue weighted by Gasteiger charge is 2.55. The lowest BCUT2D eigenvalue weighted by Crippen LogP contribution is -2.46. The molecule has 7 rings (SSSR count). The van der Waals surface area contributed by atoms with Crippen LogP contribution in [0.3, 0.4) is 0 Å². The summed E-state index contributed by atoms with van der Waals surface area (Å²) in [6, 6.07) is 42.5. The molecule has 0 saturated carbocycles. The van der Waals surface area contributed by atoms with E-state index in [-0.39, 0.29) is 30.6 Å². The van der Waals surface area contributed by atoms with Gasteiger partial charge in [-0.05, 0) is 34.9 Å². The average Bonchev–Trinajstić information content (AvgIpc) is 3.48. The van der Waals surface area contributed by atoms with Crippen LogP contribution >= 0.6 is 11.8 Å². The van der Waals surface area contributed by atoms with Gasteiger partial charge in [0.05, 0.1) is 19.3 Å². The van der Waals surface area contributed by atoms with Crippen LogP contribution in [0.4, 0.5) is 8.78 Å². The number of rotatable bonds is 8. The molecule has 47 heavy (non-hydrogen) atoms. The van der Waals surface area contributed by atoms with E-state index < -0.39 is 28.9 Å². The normalized spacial score (nSPS) is 20.7. The molecule has 2 heterocycles. The van der Waals surface area contributed by atoms with Gasteiger partial charge < -0.3 is 14.8 Å². The van der Waals surface area contributed by atoms with Crippen molar-refractivity contribution < 1.29 is 23.0 Å². The molecule has 5 aromatic carbocycles. The van der Waals surface area contributed by atoms with Crippen LogP contribution in [0.5, 0.6) is 0 Å². The predicted molar refractivity (Wildman–Crippen MR) is 180 cm³/mol. The number of carbonyl (C=O) groups excluding carboxylic acids is 1. The summed E-state index contributed by atoms with van der Waals surface area (Å²) in [5.41, 5.74) is 1.38. The zero-order valence-electron chi connectivity index (χ0n) is 25.4. The van der Waals surface area contributed by atoms with Crippen molar-refractivity contribution in [1.82, 2.24) is 5.32 Å². The Balaban J connectivity index is 1.26. The number of ether oxygens (including phenoxy) is 2. The minimum Gasteiger partial charge on any atom is -0.372 e. The number of halogens is 2. The molecule has 0 aliphatic carbocycles. The summed E-state index contributed by atoms with van der Waals surface area (Å²) in [5, 5.41) is 3.26. The summed E-state index contributed by atoms with van der Waals surface area (Å²) in [6.45, 7) is 0.199. The Morgan fingerprint density at radius 1 is 0.830 bits per heavy atom. The van der Waals surface area contributed by atoms with E-state index in [1.165, 1.54) is 23.9 Å². The summed E-state index contributed by atoms with van der Waals surface area (Å²) < 4.78 is 43.3. The van der Waals surface area contributed by atoms with Crippen LogP contribution < -0.4 is 5.32 Å². The van der Waals surface area contributed by atoms with Crippen molar-refractivity contribution in [2.24, 2.45) is 10.9 Å². The quantitative estimate of drug-likeness (QED) is 0.176. The number of hydrogen-bond acceptors (Lipinski definition) is 5. The summed E-state index contributed by atoms with van der Waals surface area (Å²) in [7, 11) is 0. The number of nitrogens with one attached hydrogen (secondary N) is 1. The van der Waals surface area contributed by atoms with Gasteiger partial charge in [-0.3, -0.25) is 4.79 Å². The third kappa shape index (κ3) is 5.89. The number of nitrogens with zero attached hydrogens (tertiary/aromatic N) is 1. The molecule has 2 aliphatic rings. The van der Waals surface area contributed by atoms with E-state index in [0.717, 1.165) is 22.8 Å². The number of thioether (sulfide) groups is 1. The van der Waals surface area contributed by atoms with Gasteiger partial charge in [-0.2, -0.15) is 0 Å². The third-order valence-corrected chi connectivity index (χ3v) is 9.93. The summed E-state index contributed by atoms with van der Waals surface area (Å²) >= 11 is 1.38. The monoisotopic (exact) mass is 646 g/mol. The Bertz CT molecular complexity index is 1780. The number of fused-ring (bicyclic) bond motifs is 1. The Morgan fingerprint density at radius 2 is 1.38 bits per heavy atom. The Kier molecular flexibility index (Phi) is 8.73. The molecule has 0 bridgehead atoms. The first-order valence-electron chi connectivity index (χ1n) is 15.5. The molecule has 8 heteroatoms. The topological polar surface area (TPSA) is 59.9 Å². The first-order chi connectivity index (χ1) is 23.0. The van der Waals surface area contributed by atoms with Crippen LogP contribution in [0.15, 0.2) is 145 Å². The summed E-state index contributed by atoms with van der Waals surface area (Å²) in [6.07, 6.45) is -0.488. The third-order valence-electron chi connectivity index (χ3n) is 8.94. The summed E-state index contributed by atoms with van der Waals surface area (Å²) in [5.74, 6) is -1.58. The second kappa shape index (κ2) is 13.2. The van der Waals surface area contributed by atoms with E-state index in [0.29, 0.717) is 16.5 Å². The van der Waals surface area contributed by atoms with Crippen LogP contribution in [0.2, 0.25) is 0 Å². The molecule has 1 saturated heterocycles. The first-order valence-corrected chi connectivity index (χ1v) is 16.4. The Hall–Kier alpha value is -4.63. The van der Waals surface area contributed by atoms with Gasteiger partial charge in [0.1, 0.15) is 22.8 Å². The highest BCUT2D eigenvalue weighted by molar-refractivity contribution is 8.13. The van der Waals surface area contributed by atoms with Crippen molar-refractivity contribution in [2.45, 2.75) is 17.2 Å². The van der Waals surface area contributed by atoms with Crippen molar-refractivity contribution in [3.05, 3.63) is 179 Å². The second-order valence-electron chi connectivity index (χ2n) is 11.6. The van der Waals surface area contributed by atoms with Crippen LogP contribution in [0, 0.1) is 17.6 Å². The van der Waals surface area contributed by atoms with Gasteiger partial charge in [0.2, 0.25) is 0 Å². The molecule has 0 aromatic heterocycles. The van der Waals surface area contributed by atoms with Crippen molar-refractivity contribution >= 4 is 22.8 Å². The lowest BCUT2D eigenvalue weighted by molar-refractivity contribution is -0.0536. The molecular weight excluding hydrogens is 615 g/mol. The number of amidine groups is 1. The van der Waals surface area contributed by atoms with Gasteiger partial charge in [0, 0.05) is 28.9 Å². The van der Waals surface area contributed by atoms with Crippen molar-refractivity contribution in [3.63, 3.8) is 0 Å². The van der Waals surface area contributed by atoms with E-state index in [4.69, 9.17) is 14.5 Å². The van der Waals surface area contributed by atoms with E-state index in [9.17, 15) is 9.18 Å². The molecule has 5 nitrogen and oxygen atoms in total. The van der Waals surface area contributed by atoms with Crippen LogP contribution in [-0.4, -0.2) is 36.1 Å². The zero-order valence-corrected chi connectivity index (χ0v) is 26.2. The van der Waals surface area contributed by atoms with E-state index in [2.05, 4.69) is 41.7 Å². The van der Waals surface area contributed by atoms with Crippen LogP contribution in [-0.2, 0) is 20.6 Å². The number of aliphatic imine (C=N–C) groups is 1. The number of carbonyl (C=O) groups is 1. The van der Waals surface area contributed by atoms with Gasteiger partial charge in [-0.15, -0.1) is 0 Å². The van der Waals surface area contributed by atoms with Gasteiger partial charge in [0.25, 0.3) is 5.91 Å². The van der Waals surface area contributed by atoms with Crippen molar-refractivity contribution in [2.75, 3.05) is 19.0 Å². The molecule has 1 amide bonds. The molecule has 0 radical (unpaired) electrons. The van der Waals surface area contributed by atoms with Gasteiger partial charge >= 0.3 is 0 Å². The second-order valence-corrected chi connectivity index (χ2v) is 12.7. The Labute approximate surface area is 276 Å². The molecule has 236 valence electrons. The maximum Gasteiger partial charge on any atom is 0.257 e. The van der Waals surface area contributed by atoms with Crippen LogP contribution in [0.1, 0.15) is 32.6 Å². The largest absolute Gasteiger partial charge is 0.372 e. The van der Waals surface area contributed by atoms with Gasteiger partial charge in [-0.25, -0.2) is 13.8 Å². The first kappa shape index (κ1) is 31.0. The van der Waals surface area contributed by atoms with Crippen molar-refractivity contribution in [1.29, 1.82) is 0 Å². The SMILES string of the molecule is O=C(NC1=N[C@@]2(c3ccc(F)cc3F)CO[C@H](COC(c3ccccc3)(c3ccccc3)c3ccccc3)[C@H]2CS1)c1ccccc1. The highest BCUT2D eigenvalue weighted by Crippen LogP contribution is 2.49. The molecule has 2 aliphatic heterocycles. The van der Waals surface area contributed by atoms with E-state index in [1.54, 1.807) is 24.3 Å². The predicted octanol–water partition coefficient (Wildman–Crippen LogP) is 7.72.